The highest BCUT2D eigenvalue weighted by molar-refractivity contribution is 5.82. The summed E-state index contributed by atoms with van der Waals surface area (Å²) in [6.45, 7) is 8.20. The Labute approximate surface area is 106 Å². The number of piperidine rings is 1. The van der Waals surface area contributed by atoms with Gasteiger partial charge in [-0.2, -0.15) is 0 Å². The maximum atomic E-state index is 12.2. The summed E-state index contributed by atoms with van der Waals surface area (Å²) in [7, 11) is 0. The Morgan fingerprint density at radius 3 is 2.41 bits per heavy atom. The minimum absolute atomic E-state index is 0.161. The number of nitrogens with two attached hydrogens (primary N) is 1. The number of carbonyl (C=O) groups is 1. The fourth-order valence-corrected chi connectivity index (χ4v) is 2.56. The van der Waals surface area contributed by atoms with E-state index in [1.165, 1.54) is 12.8 Å². The largest absolute Gasteiger partial charge is 0.341 e. The van der Waals surface area contributed by atoms with E-state index in [0.717, 1.165) is 38.3 Å². The van der Waals surface area contributed by atoms with Gasteiger partial charge in [-0.3, -0.25) is 4.79 Å². The van der Waals surface area contributed by atoms with E-state index in [0.29, 0.717) is 0 Å². The van der Waals surface area contributed by atoms with Gasteiger partial charge in [0.1, 0.15) is 0 Å². The summed E-state index contributed by atoms with van der Waals surface area (Å²) < 4.78 is 0. The molecule has 0 aromatic rings. The maximum Gasteiger partial charge on any atom is 0.239 e. The molecule has 0 saturated carbocycles. The van der Waals surface area contributed by atoms with Crippen molar-refractivity contribution in [1.82, 2.24) is 4.90 Å². The summed E-state index contributed by atoms with van der Waals surface area (Å²) in [5, 5.41) is 0. The van der Waals surface area contributed by atoms with Crippen LogP contribution in [0.1, 0.15) is 52.9 Å². The lowest BCUT2D eigenvalue weighted by Crippen LogP contribution is -2.49. The van der Waals surface area contributed by atoms with Crippen LogP contribution < -0.4 is 5.73 Å². The van der Waals surface area contributed by atoms with Gasteiger partial charge in [0, 0.05) is 13.1 Å². The van der Waals surface area contributed by atoms with Crippen molar-refractivity contribution in [3.05, 3.63) is 0 Å². The first kappa shape index (κ1) is 14.5. The molecule has 17 heavy (non-hydrogen) atoms. The Hall–Kier alpha value is -0.570. The molecule has 1 saturated heterocycles. The van der Waals surface area contributed by atoms with Crippen LogP contribution in [0.2, 0.25) is 0 Å². The number of hydrogen-bond donors (Lipinski definition) is 1. The minimum atomic E-state index is -0.303. The molecular formula is C14H28N2O. The van der Waals surface area contributed by atoms with Gasteiger partial charge in [-0.15, -0.1) is 0 Å². The summed E-state index contributed by atoms with van der Waals surface area (Å²) in [6.07, 6.45) is 5.85. The van der Waals surface area contributed by atoms with E-state index >= 15 is 0 Å². The molecule has 1 amide bonds. The summed E-state index contributed by atoms with van der Waals surface area (Å²) in [5.41, 5.74) is 6.00. The topological polar surface area (TPSA) is 46.3 Å². The highest BCUT2D eigenvalue weighted by Gasteiger charge is 2.28. The van der Waals surface area contributed by atoms with E-state index in [-0.39, 0.29) is 17.9 Å². The van der Waals surface area contributed by atoms with Crippen LogP contribution in [0.4, 0.5) is 0 Å². The van der Waals surface area contributed by atoms with Crippen molar-refractivity contribution in [3.8, 4) is 0 Å². The van der Waals surface area contributed by atoms with Crippen molar-refractivity contribution in [2.75, 3.05) is 13.1 Å². The molecular weight excluding hydrogens is 212 g/mol. The Morgan fingerprint density at radius 2 is 1.94 bits per heavy atom. The lowest BCUT2D eigenvalue weighted by atomic mass is 9.91. The number of rotatable bonds is 5. The Morgan fingerprint density at radius 1 is 1.35 bits per heavy atom. The number of amides is 1. The van der Waals surface area contributed by atoms with E-state index in [4.69, 9.17) is 5.73 Å². The molecule has 0 radical (unpaired) electrons. The zero-order valence-corrected chi connectivity index (χ0v) is 11.6. The van der Waals surface area contributed by atoms with Crippen molar-refractivity contribution >= 4 is 5.91 Å². The van der Waals surface area contributed by atoms with Crippen LogP contribution in [0.25, 0.3) is 0 Å². The SMILES string of the molecule is CCCC1CCN(C(=O)C(N)C(C)CC)CC1. The summed E-state index contributed by atoms with van der Waals surface area (Å²) in [5.74, 6) is 1.27. The quantitative estimate of drug-likeness (QED) is 0.802. The molecule has 3 nitrogen and oxygen atoms in total. The second-order valence-corrected chi connectivity index (χ2v) is 5.47. The first-order valence-corrected chi connectivity index (χ1v) is 7.14. The predicted octanol–water partition coefficient (Wildman–Crippen LogP) is 2.40. The molecule has 3 heteroatoms. The van der Waals surface area contributed by atoms with Crippen molar-refractivity contribution < 1.29 is 4.79 Å². The highest BCUT2D eigenvalue weighted by atomic mass is 16.2. The van der Waals surface area contributed by atoms with E-state index in [9.17, 15) is 4.79 Å². The summed E-state index contributed by atoms with van der Waals surface area (Å²) in [6, 6.07) is -0.303. The molecule has 2 N–H and O–H groups in total. The van der Waals surface area contributed by atoms with E-state index in [1.807, 2.05) is 4.90 Å². The van der Waals surface area contributed by atoms with Gasteiger partial charge in [0.15, 0.2) is 0 Å². The maximum absolute atomic E-state index is 12.2. The van der Waals surface area contributed by atoms with Gasteiger partial charge in [0.25, 0.3) is 0 Å². The van der Waals surface area contributed by atoms with Gasteiger partial charge in [-0.25, -0.2) is 0 Å². The van der Waals surface area contributed by atoms with Crippen LogP contribution in [-0.4, -0.2) is 29.9 Å². The fraction of sp³-hybridized carbons (Fsp3) is 0.929. The lowest BCUT2D eigenvalue weighted by molar-refractivity contribution is -0.135. The van der Waals surface area contributed by atoms with Crippen LogP contribution >= 0.6 is 0 Å². The molecule has 0 spiro atoms. The van der Waals surface area contributed by atoms with Gasteiger partial charge >= 0.3 is 0 Å². The first-order valence-electron chi connectivity index (χ1n) is 7.14. The van der Waals surface area contributed by atoms with Crippen LogP contribution in [0, 0.1) is 11.8 Å². The monoisotopic (exact) mass is 240 g/mol. The number of carbonyl (C=O) groups excluding carboxylic acids is 1. The molecule has 1 aliphatic heterocycles. The summed E-state index contributed by atoms with van der Waals surface area (Å²) in [4.78, 5) is 14.1. The number of nitrogens with zero attached hydrogens (tertiary/aromatic N) is 1. The molecule has 0 aromatic carbocycles. The van der Waals surface area contributed by atoms with Crippen LogP contribution in [0.15, 0.2) is 0 Å². The average Bonchev–Trinajstić information content (AvgIpc) is 2.37. The van der Waals surface area contributed by atoms with Crippen LogP contribution in [0.5, 0.6) is 0 Å². The normalized spacial score (nSPS) is 21.3. The molecule has 1 heterocycles. The Bertz CT molecular complexity index is 234. The Balaban J connectivity index is 2.40. The second-order valence-electron chi connectivity index (χ2n) is 5.47. The minimum Gasteiger partial charge on any atom is -0.341 e. The van der Waals surface area contributed by atoms with Gasteiger partial charge in [-0.05, 0) is 24.7 Å². The number of hydrogen-bond acceptors (Lipinski definition) is 2. The van der Waals surface area contributed by atoms with Gasteiger partial charge < -0.3 is 10.6 Å². The molecule has 2 atom stereocenters. The second kappa shape index (κ2) is 7.00. The summed E-state index contributed by atoms with van der Waals surface area (Å²) >= 11 is 0. The van der Waals surface area contributed by atoms with Gasteiger partial charge in [0.2, 0.25) is 5.91 Å². The molecule has 0 aromatic heterocycles. The van der Waals surface area contributed by atoms with Crippen molar-refractivity contribution in [3.63, 3.8) is 0 Å². The molecule has 0 bridgehead atoms. The third-order valence-corrected chi connectivity index (χ3v) is 4.17. The zero-order valence-electron chi connectivity index (χ0n) is 11.6. The lowest BCUT2D eigenvalue weighted by Gasteiger charge is -2.34. The van der Waals surface area contributed by atoms with Crippen molar-refractivity contribution in [2.24, 2.45) is 17.6 Å². The predicted molar refractivity (Wildman–Crippen MR) is 71.6 cm³/mol. The van der Waals surface area contributed by atoms with Crippen molar-refractivity contribution in [2.45, 2.75) is 58.9 Å². The third-order valence-electron chi connectivity index (χ3n) is 4.17. The average molecular weight is 240 g/mol. The van der Waals surface area contributed by atoms with E-state index < -0.39 is 0 Å². The molecule has 2 unspecified atom stereocenters. The highest BCUT2D eigenvalue weighted by Crippen LogP contribution is 2.22. The van der Waals surface area contributed by atoms with Gasteiger partial charge in [-0.1, -0.05) is 40.0 Å². The molecule has 1 fully saturated rings. The van der Waals surface area contributed by atoms with Gasteiger partial charge in [0.05, 0.1) is 6.04 Å². The Kier molecular flexibility index (Phi) is 5.96. The fourth-order valence-electron chi connectivity index (χ4n) is 2.56. The zero-order chi connectivity index (χ0) is 12.8. The third kappa shape index (κ3) is 3.98. The standard InChI is InChI=1S/C14H28N2O/c1-4-6-12-7-9-16(10-8-12)14(17)13(15)11(3)5-2/h11-13H,4-10,15H2,1-3H3. The van der Waals surface area contributed by atoms with Crippen molar-refractivity contribution in [1.29, 1.82) is 0 Å². The smallest absolute Gasteiger partial charge is 0.239 e. The molecule has 0 aliphatic carbocycles. The van der Waals surface area contributed by atoms with Crippen LogP contribution in [-0.2, 0) is 4.79 Å². The molecule has 100 valence electrons. The molecule has 1 aliphatic rings. The number of likely N-dealkylation sites (tertiary alicyclic amines) is 1. The first-order chi connectivity index (χ1) is 8.10. The van der Waals surface area contributed by atoms with E-state index in [2.05, 4.69) is 20.8 Å². The molecule has 1 rings (SSSR count). The van der Waals surface area contributed by atoms with E-state index in [1.54, 1.807) is 0 Å². The van der Waals surface area contributed by atoms with Crippen LogP contribution in [0.3, 0.4) is 0 Å².